The summed E-state index contributed by atoms with van der Waals surface area (Å²) >= 11 is 0. The first-order valence-corrected chi connectivity index (χ1v) is 4.33. The van der Waals surface area contributed by atoms with E-state index in [1.165, 1.54) is 13.0 Å². The van der Waals surface area contributed by atoms with Gasteiger partial charge in [-0.3, -0.25) is 14.9 Å². The van der Waals surface area contributed by atoms with Gasteiger partial charge in [0.2, 0.25) is 5.91 Å². The topological polar surface area (TPSA) is 113 Å². The summed E-state index contributed by atoms with van der Waals surface area (Å²) in [7, 11) is -1.83. The first kappa shape index (κ1) is 12.1. The van der Waals surface area contributed by atoms with E-state index in [2.05, 4.69) is 5.32 Å². The van der Waals surface area contributed by atoms with Crippen LogP contribution in [0.25, 0.3) is 0 Å². The van der Waals surface area contributed by atoms with Crippen LogP contribution in [0.3, 0.4) is 0 Å². The van der Waals surface area contributed by atoms with Crippen molar-refractivity contribution in [3.63, 3.8) is 0 Å². The minimum atomic E-state index is -1.83. The average Bonchev–Trinajstić information content (AvgIpc) is 2.15. The van der Waals surface area contributed by atoms with Crippen LogP contribution in [0, 0.1) is 10.1 Å². The summed E-state index contributed by atoms with van der Waals surface area (Å²) in [6.45, 7) is 1.24. The molecule has 0 saturated carbocycles. The molecule has 0 radical (unpaired) electrons. The number of nitro benzene ring substituents is 1. The number of hydrogen-bond donors (Lipinski definition) is 3. The van der Waals surface area contributed by atoms with E-state index in [1.807, 2.05) is 0 Å². The van der Waals surface area contributed by atoms with Crippen LogP contribution in [-0.2, 0) is 4.79 Å². The molecule has 84 valence electrons. The van der Waals surface area contributed by atoms with Crippen LogP contribution in [-0.4, -0.2) is 28.0 Å². The number of amides is 1. The number of carbonyl (C=O) groups excluding carboxylic acids is 1. The molecule has 0 atom stereocenters. The van der Waals surface area contributed by atoms with Crippen LogP contribution >= 0.6 is 0 Å². The number of anilines is 1. The predicted octanol–water partition coefficient (Wildman–Crippen LogP) is -0.767. The molecule has 0 unspecified atom stereocenters. The summed E-state index contributed by atoms with van der Waals surface area (Å²) < 4.78 is 0. The molecule has 0 aliphatic rings. The van der Waals surface area contributed by atoms with Gasteiger partial charge in [0.1, 0.15) is 0 Å². The number of rotatable bonds is 3. The highest BCUT2D eigenvalue weighted by atomic mass is 16.6. The lowest BCUT2D eigenvalue weighted by atomic mass is 9.80. The van der Waals surface area contributed by atoms with Crippen molar-refractivity contribution < 1.29 is 19.8 Å². The second kappa shape index (κ2) is 4.73. The highest BCUT2D eigenvalue weighted by Gasteiger charge is 2.17. The van der Waals surface area contributed by atoms with Gasteiger partial charge in [-0.25, -0.2) is 0 Å². The van der Waals surface area contributed by atoms with Gasteiger partial charge in [-0.2, -0.15) is 0 Å². The lowest BCUT2D eigenvalue weighted by Gasteiger charge is -2.05. The van der Waals surface area contributed by atoms with E-state index in [1.54, 1.807) is 0 Å². The van der Waals surface area contributed by atoms with Crippen molar-refractivity contribution >= 4 is 29.9 Å². The molecule has 0 spiro atoms. The maximum absolute atomic E-state index is 10.8. The molecule has 7 nitrogen and oxygen atoms in total. The molecule has 16 heavy (non-hydrogen) atoms. The van der Waals surface area contributed by atoms with Crippen LogP contribution < -0.4 is 10.8 Å². The summed E-state index contributed by atoms with van der Waals surface area (Å²) in [5, 5.41) is 30.7. The molecule has 0 saturated heterocycles. The zero-order valence-electron chi connectivity index (χ0n) is 8.38. The van der Waals surface area contributed by atoms with Gasteiger partial charge in [0.15, 0.2) is 0 Å². The van der Waals surface area contributed by atoms with Crippen LogP contribution in [0.4, 0.5) is 11.4 Å². The highest BCUT2D eigenvalue weighted by molar-refractivity contribution is 6.58. The largest absolute Gasteiger partial charge is 0.488 e. The Balaban J connectivity index is 3.18. The van der Waals surface area contributed by atoms with Gasteiger partial charge in [0.25, 0.3) is 5.69 Å². The summed E-state index contributed by atoms with van der Waals surface area (Å²) in [6, 6.07) is 3.41. The fourth-order valence-corrected chi connectivity index (χ4v) is 1.16. The lowest BCUT2D eigenvalue weighted by Crippen LogP contribution is -2.30. The summed E-state index contributed by atoms with van der Waals surface area (Å²) in [5.41, 5.74) is -0.239. The molecule has 1 rings (SSSR count). The van der Waals surface area contributed by atoms with Crippen molar-refractivity contribution in [2.75, 3.05) is 5.32 Å². The Hall–Kier alpha value is -1.93. The Bertz CT molecular complexity index is 434. The molecule has 0 fully saturated rings. The van der Waals surface area contributed by atoms with E-state index in [0.29, 0.717) is 0 Å². The van der Waals surface area contributed by atoms with E-state index < -0.39 is 17.9 Å². The van der Waals surface area contributed by atoms with Crippen molar-refractivity contribution in [3.8, 4) is 0 Å². The summed E-state index contributed by atoms with van der Waals surface area (Å²) in [4.78, 5) is 20.6. The van der Waals surface area contributed by atoms with Crippen molar-refractivity contribution in [1.29, 1.82) is 0 Å². The van der Waals surface area contributed by atoms with Crippen LogP contribution in [0.2, 0.25) is 0 Å². The number of nitrogens with one attached hydrogen (secondary N) is 1. The Kier molecular flexibility index (Phi) is 3.59. The second-order valence-corrected chi connectivity index (χ2v) is 3.13. The number of nitro groups is 1. The zero-order chi connectivity index (χ0) is 12.3. The van der Waals surface area contributed by atoms with E-state index in [-0.39, 0.29) is 16.8 Å². The fraction of sp³-hybridized carbons (Fsp3) is 0.125. The Labute approximate surface area is 91.0 Å². The third kappa shape index (κ3) is 3.04. The van der Waals surface area contributed by atoms with Gasteiger partial charge in [-0.05, 0) is 11.5 Å². The van der Waals surface area contributed by atoms with Crippen LogP contribution in [0.5, 0.6) is 0 Å². The van der Waals surface area contributed by atoms with E-state index in [4.69, 9.17) is 10.0 Å². The van der Waals surface area contributed by atoms with Gasteiger partial charge in [-0.1, -0.05) is 0 Å². The number of benzene rings is 1. The number of carbonyl (C=O) groups is 1. The maximum Gasteiger partial charge on any atom is 0.488 e. The quantitative estimate of drug-likeness (QED) is 0.354. The molecule has 1 aromatic carbocycles. The highest BCUT2D eigenvalue weighted by Crippen LogP contribution is 2.16. The molecule has 0 aliphatic carbocycles. The molecule has 0 bridgehead atoms. The van der Waals surface area contributed by atoms with E-state index in [9.17, 15) is 14.9 Å². The summed E-state index contributed by atoms with van der Waals surface area (Å²) in [6.07, 6.45) is 0. The van der Waals surface area contributed by atoms with Crippen LogP contribution in [0.1, 0.15) is 6.92 Å². The monoisotopic (exact) mass is 224 g/mol. The molecule has 0 aromatic heterocycles. The van der Waals surface area contributed by atoms with Gasteiger partial charge < -0.3 is 15.4 Å². The van der Waals surface area contributed by atoms with Crippen molar-refractivity contribution in [2.45, 2.75) is 6.92 Å². The molecule has 8 heteroatoms. The maximum atomic E-state index is 10.8. The molecule has 0 aliphatic heterocycles. The van der Waals surface area contributed by atoms with Gasteiger partial charge >= 0.3 is 7.12 Å². The number of hydrogen-bond acceptors (Lipinski definition) is 5. The minimum Gasteiger partial charge on any atom is -0.423 e. The van der Waals surface area contributed by atoms with Crippen molar-refractivity contribution in [2.24, 2.45) is 0 Å². The SMILES string of the molecule is CC(=O)Nc1cc(B(O)O)cc([N+](=O)[O-])c1. The average molecular weight is 224 g/mol. The molecule has 0 heterocycles. The van der Waals surface area contributed by atoms with Crippen molar-refractivity contribution in [3.05, 3.63) is 28.3 Å². The Morgan fingerprint density at radius 3 is 2.50 bits per heavy atom. The minimum absolute atomic E-state index is 0.0575. The molecule has 1 aromatic rings. The van der Waals surface area contributed by atoms with Gasteiger partial charge in [0, 0.05) is 24.7 Å². The second-order valence-electron chi connectivity index (χ2n) is 3.13. The predicted molar refractivity (Wildman–Crippen MR) is 57.2 cm³/mol. The third-order valence-corrected chi connectivity index (χ3v) is 1.77. The first-order valence-electron chi connectivity index (χ1n) is 4.33. The molecule has 1 amide bonds. The van der Waals surface area contributed by atoms with E-state index in [0.717, 1.165) is 12.1 Å². The van der Waals surface area contributed by atoms with Gasteiger partial charge in [0.05, 0.1) is 4.92 Å². The van der Waals surface area contributed by atoms with Crippen molar-refractivity contribution in [1.82, 2.24) is 0 Å². The normalized spacial score (nSPS) is 9.69. The number of non-ortho nitro benzene ring substituents is 1. The third-order valence-electron chi connectivity index (χ3n) is 1.77. The number of nitrogens with zero attached hydrogens (tertiary/aromatic N) is 1. The van der Waals surface area contributed by atoms with E-state index >= 15 is 0 Å². The smallest absolute Gasteiger partial charge is 0.423 e. The Morgan fingerprint density at radius 1 is 1.44 bits per heavy atom. The molecule has 3 N–H and O–H groups in total. The van der Waals surface area contributed by atoms with Gasteiger partial charge in [-0.15, -0.1) is 0 Å². The standard InChI is InChI=1S/C8H9BN2O5/c1-5(12)10-7-2-6(9(13)14)3-8(4-7)11(15)16/h2-4,13-14H,1H3,(H,10,12). The lowest BCUT2D eigenvalue weighted by molar-refractivity contribution is -0.384. The Morgan fingerprint density at radius 2 is 2.06 bits per heavy atom. The first-order chi connectivity index (χ1) is 7.40. The fourth-order valence-electron chi connectivity index (χ4n) is 1.16. The van der Waals surface area contributed by atoms with Crippen LogP contribution in [0.15, 0.2) is 18.2 Å². The molecular formula is C8H9BN2O5. The molecular weight excluding hydrogens is 215 g/mol. The summed E-state index contributed by atoms with van der Waals surface area (Å²) in [5.74, 6) is -0.404. The zero-order valence-corrected chi connectivity index (χ0v) is 8.38.